The summed E-state index contributed by atoms with van der Waals surface area (Å²) < 4.78 is 0. The van der Waals surface area contributed by atoms with Crippen molar-refractivity contribution >= 4 is 11.6 Å². The van der Waals surface area contributed by atoms with Crippen LogP contribution in [-0.2, 0) is 11.2 Å². The highest BCUT2D eigenvalue weighted by Gasteiger charge is 2.14. The van der Waals surface area contributed by atoms with Gasteiger partial charge in [0.25, 0.3) is 0 Å². The van der Waals surface area contributed by atoms with Gasteiger partial charge in [0.05, 0.1) is 0 Å². The summed E-state index contributed by atoms with van der Waals surface area (Å²) in [5, 5.41) is 0. The zero-order chi connectivity index (χ0) is 14.2. The summed E-state index contributed by atoms with van der Waals surface area (Å²) in [5.74, 6) is 0.203. The highest BCUT2D eigenvalue weighted by atomic mass is 16.2. The molecule has 0 aliphatic rings. The van der Waals surface area contributed by atoms with E-state index < -0.39 is 0 Å². The molecule has 104 valence electrons. The summed E-state index contributed by atoms with van der Waals surface area (Å²) in [7, 11) is 0. The van der Waals surface area contributed by atoms with Crippen LogP contribution in [0.25, 0.3) is 0 Å². The van der Waals surface area contributed by atoms with Crippen LogP contribution < -0.4 is 4.90 Å². The molecule has 2 rings (SSSR count). The van der Waals surface area contributed by atoms with Gasteiger partial charge in [-0.15, -0.1) is 0 Å². The molecule has 0 aliphatic heterocycles. The Bertz CT molecular complexity index is 522. The zero-order valence-corrected chi connectivity index (χ0v) is 12.0. The Hall–Kier alpha value is -2.09. The molecule has 0 bridgehead atoms. The highest BCUT2D eigenvalue weighted by Crippen LogP contribution is 2.16. The molecule has 0 heterocycles. The van der Waals surface area contributed by atoms with E-state index in [1.165, 1.54) is 5.56 Å². The van der Waals surface area contributed by atoms with E-state index in [-0.39, 0.29) is 5.91 Å². The fraction of sp³-hybridized carbons (Fsp3) is 0.278. The quantitative estimate of drug-likeness (QED) is 0.772. The fourth-order valence-electron chi connectivity index (χ4n) is 2.24. The number of rotatable bonds is 6. The van der Waals surface area contributed by atoms with Gasteiger partial charge in [-0.25, -0.2) is 0 Å². The Morgan fingerprint density at radius 1 is 0.950 bits per heavy atom. The summed E-state index contributed by atoms with van der Waals surface area (Å²) in [6.45, 7) is 2.77. The second-order valence-corrected chi connectivity index (χ2v) is 4.87. The van der Waals surface area contributed by atoms with Gasteiger partial charge in [-0.1, -0.05) is 55.5 Å². The number of para-hydroxylation sites is 1. The molecule has 0 unspecified atom stereocenters. The van der Waals surface area contributed by atoms with Gasteiger partial charge in [-0.05, 0) is 30.5 Å². The Morgan fingerprint density at radius 3 is 2.15 bits per heavy atom. The molecule has 0 saturated heterocycles. The average Bonchev–Trinajstić information content (AvgIpc) is 2.50. The van der Waals surface area contributed by atoms with E-state index in [0.717, 1.165) is 25.1 Å². The molecular formula is C18H21NO. The van der Waals surface area contributed by atoms with Gasteiger partial charge < -0.3 is 4.90 Å². The first-order chi connectivity index (χ1) is 9.81. The standard InChI is InChI=1S/C18H21NO/c1-2-9-18(20)19(17-12-7-4-8-13-17)15-14-16-10-5-3-6-11-16/h3-8,10-13H,2,9,14-15H2,1H3. The third-order valence-electron chi connectivity index (χ3n) is 3.30. The summed E-state index contributed by atoms with van der Waals surface area (Å²) in [4.78, 5) is 14.2. The van der Waals surface area contributed by atoms with E-state index >= 15 is 0 Å². The molecule has 0 spiro atoms. The monoisotopic (exact) mass is 267 g/mol. The predicted octanol–water partition coefficient (Wildman–Crippen LogP) is 4.06. The molecule has 1 amide bonds. The van der Waals surface area contributed by atoms with Gasteiger partial charge in [0, 0.05) is 18.7 Å². The maximum Gasteiger partial charge on any atom is 0.226 e. The van der Waals surface area contributed by atoms with Crippen LogP contribution in [0.3, 0.4) is 0 Å². The summed E-state index contributed by atoms with van der Waals surface area (Å²) in [6, 6.07) is 20.2. The van der Waals surface area contributed by atoms with Crippen molar-refractivity contribution in [2.75, 3.05) is 11.4 Å². The first-order valence-corrected chi connectivity index (χ1v) is 7.20. The van der Waals surface area contributed by atoms with Crippen molar-refractivity contribution in [3.05, 3.63) is 66.2 Å². The minimum Gasteiger partial charge on any atom is -0.312 e. The van der Waals surface area contributed by atoms with E-state index in [1.807, 2.05) is 60.4 Å². The van der Waals surface area contributed by atoms with Crippen molar-refractivity contribution in [3.63, 3.8) is 0 Å². The lowest BCUT2D eigenvalue weighted by Gasteiger charge is -2.23. The first-order valence-electron chi connectivity index (χ1n) is 7.20. The summed E-state index contributed by atoms with van der Waals surface area (Å²) in [6.07, 6.45) is 2.36. The van der Waals surface area contributed by atoms with Crippen LogP contribution in [0, 0.1) is 0 Å². The van der Waals surface area contributed by atoms with E-state index in [9.17, 15) is 4.79 Å². The highest BCUT2D eigenvalue weighted by molar-refractivity contribution is 5.93. The second kappa shape index (κ2) is 7.49. The molecular weight excluding hydrogens is 246 g/mol. The normalized spacial score (nSPS) is 10.2. The van der Waals surface area contributed by atoms with Crippen molar-refractivity contribution in [1.82, 2.24) is 0 Å². The lowest BCUT2D eigenvalue weighted by atomic mass is 10.1. The molecule has 2 aromatic carbocycles. The van der Waals surface area contributed by atoms with Crippen molar-refractivity contribution < 1.29 is 4.79 Å². The van der Waals surface area contributed by atoms with Crippen molar-refractivity contribution in [2.24, 2.45) is 0 Å². The molecule has 20 heavy (non-hydrogen) atoms. The van der Waals surface area contributed by atoms with Gasteiger partial charge in [0.2, 0.25) is 5.91 Å². The maximum absolute atomic E-state index is 12.3. The van der Waals surface area contributed by atoms with Crippen LogP contribution in [0.1, 0.15) is 25.3 Å². The smallest absolute Gasteiger partial charge is 0.226 e. The number of carbonyl (C=O) groups excluding carboxylic acids is 1. The molecule has 0 aliphatic carbocycles. The largest absolute Gasteiger partial charge is 0.312 e. The van der Waals surface area contributed by atoms with Crippen LogP contribution in [0.2, 0.25) is 0 Å². The van der Waals surface area contributed by atoms with Crippen LogP contribution in [0.15, 0.2) is 60.7 Å². The topological polar surface area (TPSA) is 20.3 Å². The molecule has 2 nitrogen and oxygen atoms in total. The average molecular weight is 267 g/mol. The molecule has 0 aromatic heterocycles. The Labute approximate surface area is 121 Å². The van der Waals surface area contributed by atoms with Crippen molar-refractivity contribution in [1.29, 1.82) is 0 Å². The second-order valence-electron chi connectivity index (χ2n) is 4.87. The molecule has 0 N–H and O–H groups in total. The third kappa shape index (κ3) is 3.95. The maximum atomic E-state index is 12.3. The van der Waals surface area contributed by atoms with E-state index in [0.29, 0.717) is 6.42 Å². The zero-order valence-electron chi connectivity index (χ0n) is 12.0. The van der Waals surface area contributed by atoms with Crippen LogP contribution >= 0.6 is 0 Å². The number of benzene rings is 2. The van der Waals surface area contributed by atoms with Gasteiger partial charge >= 0.3 is 0 Å². The first kappa shape index (κ1) is 14.3. The summed E-state index contributed by atoms with van der Waals surface area (Å²) >= 11 is 0. The van der Waals surface area contributed by atoms with Gasteiger partial charge in [-0.2, -0.15) is 0 Å². The number of anilines is 1. The van der Waals surface area contributed by atoms with Gasteiger partial charge in [-0.3, -0.25) is 4.79 Å². The number of amides is 1. The van der Waals surface area contributed by atoms with E-state index in [1.54, 1.807) is 0 Å². The van der Waals surface area contributed by atoms with Gasteiger partial charge in [0.1, 0.15) is 0 Å². The van der Waals surface area contributed by atoms with Crippen LogP contribution in [0.4, 0.5) is 5.69 Å². The Balaban J connectivity index is 2.09. The Morgan fingerprint density at radius 2 is 1.55 bits per heavy atom. The Kier molecular flexibility index (Phi) is 5.36. The molecule has 2 aromatic rings. The lowest BCUT2D eigenvalue weighted by molar-refractivity contribution is -0.118. The predicted molar refractivity (Wildman–Crippen MR) is 83.8 cm³/mol. The number of hydrogen-bond acceptors (Lipinski definition) is 1. The number of nitrogens with zero attached hydrogens (tertiary/aromatic N) is 1. The number of carbonyl (C=O) groups is 1. The van der Waals surface area contributed by atoms with E-state index in [4.69, 9.17) is 0 Å². The van der Waals surface area contributed by atoms with Crippen LogP contribution in [-0.4, -0.2) is 12.5 Å². The molecule has 0 saturated carbocycles. The third-order valence-corrected chi connectivity index (χ3v) is 3.30. The minimum absolute atomic E-state index is 0.203. The molecule has 0 atom stereocenters. The number of hydrogen-bond donors (Lipinski definition) is 0. The van der Waals surface area contributed by atoms with Crippen LogP contribution in [0.5, 0.6) is 0 Å². The molecule has 2 heteroatoms. The lowest BCUT2D eigenvalue weighted by Crippen LogP contribution is -2.32. The molecule has 0 radical (unpaired) electrons. The molecule has 0 fully saturated rings. The van der Waals surface area contributed by atoms with Crippen molar-refractivity contribution in [3.8, 4) is 0 Å². The summed E-state index contributed by atoms with van der Waals surface area (Å²) in [5.41, 5.74) is 2.25. The fourth-order valence-corrected chi connectivity index (χ4v) is 2.24. The van der Waals surface area contributed by atoms with Gasteiger partial charge in [0.15, 0.2) is 0 Å². The van der Waals surface area contributed by atoms with Crippen molar-refractivity contribution in [2.45, 2.75) is 26.2 Å². The minimum atomic E-state index is 0.203. The SMILES string of the molecule is CCCC(=O)N(CCc1ccccc1)c1ccccc1. The van der Waals surface area contributed by atoms with E-state index in [2.05, 4.69) is 12.1 Å².